The Kier molecular flexibility index (Phi) is 7.92. The lowest BCUT2D eigenvalue weighted by molar-refractivity contribution is 0.0779. The van der Waals surface area contributed by atoms with E-state index in [4.69, 9.17) is 4.74 Å². The molecule has 0 N–H and O–H groups in total. The van der Waals surface area contributed by atoms with Crippen molar-refractivity contribution in [2.45, 2.75) is 6.61 Å². The Bertz CT molecular complexity index is 396. The van der Waals surface area contributed by atoms with E-state index in [1.54, 1.807) is 0 Å². The van der Waals surface area contributed by atoms with Crippen molar-refractivity contribution < 1.29 is 23.8 Å². The molecule has 104 valence electrons. The minimum atomic E-state index is -0.725. The average Bonchev–Trinajstić information content (AvgIpc) is 2.45. The first-order valence-electron chi connectivity index (χ1n) is 5.43. The maximum absolute atomic E-state index is 11.4. The van der Waals surface area contributed by atoms with Crippen molar-refractivity contribution in [1.82, 2.24) is 0 Å². The van der Waals surface area contributed by atoms with E-state index in [1.807, 2.05) is 30.3 Å². The van der Waals surface area contributed by atoms with Gasteiger partial charge in [-0.1, -0.05) is 41.1 Å². The van der Waals surface area contributed by atoms with E-state index in [0.29, 0.717) is 5.75 Å². The summed E-state index contributed by atoms with van der Waals surface area (Å²) in [7, 11) is 3.48. The van der Waals surface area contributed by atoms with Crippen LogP contribution in [0.2, 0.25) is 0 Å². The highest BCUT2D eigenvalue weighted by Gasteiger charge is 2.06. The first-order valence-corrected chi connectivity index (χ1v) is 7.75. The van der Waals surface area contributed by atoms with Gasteiger partial charge in [0.25, 0.3) is 0 Å². The SMILES string of the molecule is COC(=O)OCCSSC(=O)OCc1ccccc1. The zero-order valence-electron chi connectivity index (χ0n) is 10.4. The Morgan fingerprint density at radius 1 is 1.16 bits per heavy atom. The van der Waals surface area contributed by atoms with Crippen LogP contribution in [-0.2, 0) is 20.8 Å². The van der Waals surface area contributed by atoms with Crippen LogP contribution in [0.15, 0.2) is 30.3 Å². The van der Waals surface area contributed by atoms with Gasteiger partial charge < -0.3 is 14.2 Å². The number of carbonyl (C=O) groups is 2. The third-order valence-corrected chi connectivity index (χ3v) is 3.85. The second-order valence-electron chi connectivity index (χ2n) is 3.23. The highest BCUT2D eigenvalue weighted by Crippen LogP contribution is 2.23. The predicted molar refractivity (Wildman–Crippen MR) is 75.0 cm³/mol. The molecule has 0 amide bonds. The summed E-state index contributed by atoms with van der Waals surface area (Å²) in [5.41, 5.74) is 0.940. The topological polar surface area (TPSA) is 61.8 Å². The zero-order valence-corrected chi connectivity index (χ0v) is 12.0. The van der Waals surface area contributed by atoms with Gasteiger partial charge in [-0.15, -0.1) is 0 Å². The smallest absolute Gasteiger partial charge is 0.452 e. The van der Waals surface area contributed by atoms with Gasteiger partial charge in [0.1, 0.15) is 13.2 Å². The monoisotopic (exact) mass is 302 g/mol. The molecular weight excluding hydrogens is 288 g/mol. The summed E-state index contributed by atoms with van der Waals surface area (Å²) >= 11 is 0. The van der Waals surface area contributed by atoms with Gasteiger partial charge >= 0.3 is 11.5 Å². The highest BCUT2D eigenvalue weighted by molar-refractivity contribution is 8.82. The highest BCUT2D eigenvalue weighted by atomic mass is 33.1. The van der Waals surface area contributed by atoms with Crippen LogP contribution in [0.5, 0.6) is 0 Å². The fourth-order valence-corrected chi connectivity index (χ4v) is 2.37. The number of methoxy groups -OCH3 is 1. The van der Waals surface area contributed by atoms with Crippen LogP contribution >= 0.6 is 21.6 Å². The molecule has 5 nitrogen and oxygen atoms in total. The molecule has 0 atom stereocenters. The van der Waals surface area contributed by atoms with E-state index in [-0.39, 0.29) is 18.5 Å². The summed E-state index contributed by atoms with van der Waals surface area (Å²) in [6.07, 6.45) is -0.725. The van der Waals surface area contributed by atoms with Crippen molar-refractivity contribution in [3.8, 4) is 0 Å². The maximum Gasteiger partial charge on any atom is 0.508 e. The number of carbonyl (C=O) groups excluding carboxylic acids is 2. The Labute approximate surface area is 119 Å². The largest absolute Gasteiger partial charge is 0.508 e. The van der Waals surface area contributed by atoms with E-state index in [9.17, 15) is 9.59 Å². The molecule has 0 saturated carbocycles. The van der Waals surface area contributed by atoms with Gasteiger partial charge in [0.05, 0.1) is 7.11 Å². The van der Waals surface area contributed by atoms with Crippen LogP contribution in [0.4, 0.5) is 9.59 Å². The van der Waals surface area contributed by atoms with Crippen LogP contribution in [0.3, 0.4) is 0 Å². The van der Waals surface area contributed by atoms with E-state index in [1.165, 1.54) is 17.9 Å². The molecule has 0 heterocycles. The van der Waals surface area contributed by atoms with E-state index < -0.39 is 6.16 Å². The van der Waals surface area contributed by atoms with Gasteiger partial charge in [-0.2, -0.15) is 0 Å². The first kappa shape index (κ1) is 15.7. The summed E-state index contributed by atoms with van der Waals surface area (Å²) in [6, 6.07) is 9.44. The number of benzene rings is 1. The maximum atomic E-state index is 11.4. The lowest BCUT2D eigenvalue weighted by Crippen LogP contribution is -2.06. The zero-order chi connectivity index (χ0) is 13.9. The van der Waals surface area contributed by atoms with Crippen molar-refractivity contribution in [2.75, 3.05) is 19.5 Å². The minimum absolute atomic E-state index is 0.191. The van der Waals surface area contributed by atoms with E-state index in [2.05, 4.69) is 9.47 Å². The number of ether oxygens (including phenoxy) is 3. The van der Waals surface area contributed by atoms with Crippen LogP contribution in [0.1, 0.15) is 5.56 Å². The lowest BCUT2D eigenvalue weighted by atomic mass is 10.2. The molecule has 0 fully saturated rings. The Balaban J connectivity index is 2.04. The number of hydrogen-bond donors (Lipinski definition) is 0. The molecule has 0 spiro atoms. The van der Waals surface area contributed by atoms with Crippen molar-refractivity contribution in [3.05, 3.63) is 35.9 Å². The Morgan fingerprint density at radius 3 is 2.58 bits per heavy atom. The summed E-state index contributed by atoms with van der Waals surface area (Å²) < 4.78 is 14.0. The van der Waals surface area contributed by atoms with Gasteiger partial charge in [0.2, 0.25) is 0 Å². The molecule has 0 aliphatic rings. The predicted octanol–water partition coefficient (Wildman–Crippen LogP) is 3.49. The van der Waals surface area contributed by atoms with Crippen molar-refractivity contribution >= 4 is 33.0 Å². The molecule has 0 aromatic heterocycles. The summed E-state index contributed by atoms with van der Waals surface area (Å²) in [4.78, 5) is 22.0. The molecule has 0 saturated heterocycles. The number of rotatable bonds is 6. The Hall–Kier alpha value is -1.34. The van der Waals surface area contributed by atoms with Crippen LogP contribution in [-0.4, -0.2) is 30.9 Å². The fourth-order valence-electron chi connectivity index (χ4n) is 1.05. The van der Waals surface area contributed by atoms with Crippen LogP contribution in [0.25, 0.3) is 0 Å². The van der Waals surface area contributed by atoms with E-state index in [0.717, 1.165) is 16.4 Å². The third-order valence-electron chi connectivity index (χ3n) is 1.88. The minimum Gasteiger partial charge on any atom is -0.452 e. The third kappa shape index (κ3) is 7.63. The second-order valence-corrected chi connectivity index (χ2v) is 5.58. The molecule has 0 aliphatic heterocycles. The van der Waals surface area contributed by atoms with E-state index >= 15 is 0 Å². The fraction of sp³-hybridized carbons (Fsp3) is 0.333. The molecule has 0 radical (unpaired) electrons. The quantitative estimate of drug-likeness (QED) is 0.453. The standard InChI is InChI=1S/C12H14O5S2/c1-15-11(13)16-7-8-18-19-12(14)17-9-10-5-3-2-4-6-10/h2-6H,7-9H2,1H3. The van der Waals surface area contributed by atoms with Crippen molar-refractivity contribution in [1.29, 1.82) is 0 Å². The molecular formula is C12H14O5S2. The van der Waals surface area contributed by atoms with Crippen molar-refractivity contribution in [2.24, 2.45) is 0 Å². The van der Waals surface area contributed by atoms with Gasteiger partial charge in [-0.3, -0.25) is 0 Å². The normalized spacial score (nSPS) is 9.74. The first-order chi connectivity index (χ1) is 9.22. The summed E-state index contributed by atoms with van der Waals surface area (Å²) in [5.74, 6) is 0.486. The van der Waals surface area contributed by atoms with Gasteiger partial charge in [-0.05, 0) is 5.56 Å². The van der Waals surface area contributed by atoms with Gasteiger partial charge in [-0.25, -0.2) is 9.59 Å². The molecule has 0 unspecified atom stereocenters. The van der Waals surface area contributed by atoms with Gasteiger partial charge in [0.15, 0.2) is 0 Å². The molecule has 7 heteroatoms. The summed E-state index contributed by atoms with van der Waals surface area (Å²) in [5, 5.41) is -0.369. The summed E-state index contributed by atoms with van der Waals surface area (Å²) in [6.45, 7) is 0.447. The van der Waals surface area contributed by atoms with Crippen molar-refractivity contribution in [3.63, 3.8) is 0 Å². The average molecular weight is 302 g/mol. The molecule has 0 bridgehead atoms. The second kappa shape index (κ2) is 9.57. The molecule has 1 aromatic rings. The number of hydrogen-bond acceptors (Lipinski definition) is 7. The molecule has 0 aliphatic carbocycles. The molecule has 1 aromatic carbocycles. The Morgan fingerprint density at radius 2 is 1.89 bits per heavy atom. The molecule has 19 heavy (non-hydrogen) atoms. The van der Waals surface area contributed by atoms with Crippen LogP contribution < -0.4 is 0 Å². The lowest BCUT2D eigenvalue weighted by Gasteiger charge is -2.04. The van der Waals surface area contributed by atoms with Gasteiger partial charge in [0, 0.05) is 16.5 Å². The van der Waals surface area contributed by atoms with Crippen LogP contribution in [0, 0.1) is 0 Å². The molecule has 1 rings (SSSR count).